The first kappa shape index (κ1) is 45.8. The zero-order chi connectivity index (χ0) is 42.1. The minimum Gasteiger partial charge on any atom is -0.463 e. The minimum atomic E-state index is -1.57. The Hall–Kier alpha value is -4.26. The predicted octanol–water partition coefficient (Wildman–Crippen LogP) is 4.98. The number of hydrogen-bond acceptors (Lipinski definition) is 15. The lowest BCUT2D eigenvalue weighted by atomic mass is 9.96. The molecule has 3 aromatic rings. The zero-order valence-corrected chi connectivity index (χ0v) is 35.0. The van der Waals surface area contributed by atoms with Gasteiger partial charge in [0.15, 0.2) is 30.9 Å². The van der Waals surface area contributed by atoms with Crippen molar-refractivity contribution in [3.8, 4) is 0 Å². The van der Waals surface area contributed by atoms with Crippen LogP contribution >= 0.6 is 15.9 Å². The van der Waals surface area contributed by atoms with Gasteiger partial charge in [-0.2, -0.15) is 0 Å². The van der Waals surface area contributed by atoms with Crippen molar-refractivity contribution in [1.29, 1.82) is 0 Å². The van der Waals surface area contributed by atoms with Crippen LogP contribution in [-0.2, 0) is 91.1 Å². The van der Waals surface area contributed by atoms with Crippen LogP contribution < -0.4 is 0 Å². The molecule has 10 unspecified atom stereocenters. The molecule has 3 aromatic carbocycles. The number of ether oxygens (including phenoxy) is 11. The molecule has 59 heavy (non-hydrogen) atoms. The second kappa shape index (κ2) is 23.5. The molecule has 0 N–H and O–H groups in total. The first-order valence-corrected chi connectivity index (χ1v) is 20.4. The largest absolute Gasteiger partial charge is 0.463 e. The number of halogens is 1. The van der Waals surface area contributed by atoms with E-state index < -0.39 is 91.9 Å². The summed E-state index contributed by atoms with van der Waals surface area (Å²) in [7, 11) is 0. The van der Waals surface area contributed by atoms with Crippen LogP contribution in [0.2, 0.25) is 0 Å². The van der Waals surface area contributed by atoms with E-state index in [1.807, 2.05) is 91.0 Å². The minimum absolute atomic E-state index is 0.0689. The van der Waals surface area contributed by atoms with Gasteiger partial charge in [0.2, 0.25) is 0 Å². The van der Waals surface area contributed by atoms with Gasteiger partial charge in [0, 0.05) is 33.0 Å². The first-order chi connectivity index (χ1) is 28.5. The summed E-state index contributed by atoms with van der Waals surface area (Å²) < 4.78 is 68.0. The average Bonchev–Trinajstić information content (AvgIpc) is 3.21. The van der Waals surface area contributed by atoms with Gasteiger partial charge < -0.3 is 52.1 Å². The lowest BCUT2D eigenvalue weighted by molar-refractivity contribution is -0.375. The molecule has 0 spiro atoms. The van der Waals surface area contributed by atoms with Crippen molar-refractivity contribution in [2.45, 2.75) is 109 Å². The molecule has 0 aromatic heterocycles. The molecule has 0 amide bonds. The topological polar surface area (TPSA) is 170 Å². The maximum atomic E-state index is 12.7. The molecule has 2 saturated heterocycles. The average molecular weight is 888 g/mol. The molecule has 10 atom stereocenters. The van der Waals surface area contributed by atoms with Crippen LogP contribution in [0.4, 0.5) is 0 Å². The lowest BCUT2D eigenvalue weighted by Gasteiger charge is -2.49. The smallest absolute Gasteiger partial charge is 0.303 e. The molecule has 0 radical (unpaired) electrons. The van der Waals surface area contributed by atoms with Crippen molar-refractivity contribution in [2.24, 2.45) is 0 Å². The summed E-state index contributed by atoms with van der Waals surface area (Å²) in [6.07, 6.45) is -12.2. The molecule has 15 nitrogen and oxygen atoms in total. The van der Waals surface area contributed by atoms with Gasteiger partial charge in [0.1, 0.15) is 37.1 Å². The van der Waals surface area contributed by atoms with Gasteiger partial charge in [-0.1, -0.05) is 107 Å². The van der Waals surface area contributed by atoms with Crippen LogP contribution in [0.1, 0.15) is 44.4 Å². The summed E-state index contributed by atoms with van der Waals surface area (Å²) >= 11 is 3.43. The summed E-state index contributed by atoms with van der Waals surface area (Å²) in [5.41, 5.74) is 2.69. The summed E-state index contributed by atoms with van der Waals surface area (Å²) in [5.74, 6) is -2.99. The molecule has 2 aliphatic rings. The molecule has 2 heterocycles. The molecule has 5 rings (SSSR count). The molecule has 2 aliphatic heterocycles. The molecule has 0 bridgehead atoms. The molecule has 0 aliphatic carbocycles. The normalized spacial score (nSPS) is 26.7. The quantitative estimate of drug-likeness (QED) is 0.0846. The summed E-state index contributed by atoms with van der Waals surface area (Å²) in [6.45, 7) is 4.99. The van der Waals surface area contributed by atoms with E-state index >= 15 is 0 Å². The fraction of sp³-hybridized carbons (Fsp3) is 0.488. The number of rotatable bonds is 20. The number of hydrogen-bond donors (Lipinski definition) is 0. The molecule has 16 heteroatoms. The lowest BCUT2D eigenvalue weighted by Crippen LogP contribution is -2.67. The molecular formula is C43H51BrO15. The van der Waals surface area contributed by atoms with Crippen molar-refractivity contribution < 1.29 is 71.3 Å². The zero-order valence-electron chi connectivity index (χ0n) is 33.4. The van der Waals surface area contributed by atoms with E-state index in [0.29, 0.717) is 11.9 Å². The second-order valence-corrected chi connectivity index (χ2v) is 14.6. The molecule has 0 saturated carbocycles. The van der Waals surface area contributed by atoms with Gasteiger partial charge in [-0.25, -0.2) is 0 Å². The Balaban J connectivity index is 1.57. The Morgan fingerprint density at radius 1 is 0.508 bits per heavy atom. The molecule has 2 fully saturated rings. The van der Waals surface area contributed by atoms with Gasteiger partial charge in [-0.15, -0.1) is 0 Å². The van der Waals surface area contributed by atoms with Gasteiger partial charge >= 0.3 is 23.9 Å². The summed E-state index contributed by atoms with van der Waals surface area (Å²) in [5, 5.41) is 0.428. The van der Waals surface area contributed by atoms with E-state index in [1.165, 1.54) is 6.92 Å². The Morgan fingerprint density at radius 3 is 1.51 bits per heavy atom. The van der Waals surface area contributed by atoms with Crippen molar-refractivity contribution >= 4 is 39.8 Å². The third-order valence-electron chi connectivity index (χ3n) is 9.15. The predicted molar refractivity (Wildman–Crippen MR) is 211 cm³/mol. The third kappa shape index (κ3) is 14.2. The van der Waals surface area contributed by atoms with E-state index in [1.54, 1.807) is 0 Å². The number of benzene rings is 3. The van der Waals surface area contributed by atoms with Crippen LogP contribution in [0.3, 0.4) is 0 Å². The van der Waals surface area contributed by atoms with E-state index in [0.717, 1.165) is 37.5 Å². The maximum absolute atomic E-state index is 12.7. The monoisotopic (exact) mass is 886 g/mol. The fourth-order valence-electron chi connectivity index (χ4n) is 6.70. The SMILES string of the molecule is CC(=O)OCC1OC(OC2C(OCCBr)OC(COCc3ccccc3)C(OCc3ccccc3)C2OCc2ccccc2)C(OC(C)=O)C(OC(C)=O)C1OC(C)=O. The highest BCUT2D eigenvalue weighted by molar-refractivity contribution is 9.09. The van der Waals surface area contributed by atoms with Crippen LogP contribution in [0.25, 0.3) is 0 Å². The number of esters is 4. The summed E-state index contributed by atoms with van der Waals surface area (Å²) in [4.78, 5) is 49.6. The molecule has 320 valence electrons. The van der Waals surface area contributed by atoms with Gasteiger partial charge in [0.25, 0.3) is 0 Å². The molecular weight excluding hydrogens is 836 g/mol. The van der Waals surface area contributed by atoms with Gasteiger partial charge in [-0.05, 0) is 16.7 Å². The van der Waals surface area contributed by atoms with Crippen LogP contribution in [0.15, 0.2) is 91.0 Å². The highest BCUT2D eigenvalue weighted by Gasteiger charge is 2.56. The Labute approximate surface area is 351 Å². The highest BCUT2D eigenvalue weighted by atomic mass is 79.9. The Morgan fingerprint density at radius 2 is 0.983 bits per heavy atom. The summed E-state index contributed by atoms with van der Waals surface area (Å²) in [6, 6.07) is 28.7. The van der Waals surface area contributed by atoms with Crippen LogP contribution in [-0.4, -0.2) is 110 Å². The van der Waals surface area contributed by atoms with Crippen LogP contribution in [0, 0.1) is 0 Å². The van der Waals surface area contributed by atoms with Crippen molar-refractivity contribution in [3.63, 3.8) is 0 Å². The Kier molecular flexibility index (Phi) is 18.3. The Bertz CT molecular complexity index is 1750. The highest BCUT2D eigenvalue weighted by Crippen LogP contribution is 2.36. The van der Waals surface area contributed by atoms with E-state index in [4.69, 9.17) is 52.1 Å². The number of carbonyl (C=O) groups is 4. The standard InChI is InChI=1S/C43H51BrO15/c1-27(45)51-26-35-37(54-28(2)46)39(55-29(3)47)41(56-30(4)48)43(58-35)59-40-38(53-24-33-18-12-7-13-19-33)36(52-23-32-16-10-6-11-17-32)34(57-42(40)50-21-20-44)25-49-22-31-14-8-5-9-15-31/h5-19,34-43H,20-26H2,1-4H3. The number of alkyl halides is 1. The van der Waals surface area contributed by atoms with Crippen molar-refractivity contribution in [3.05, 3.63) is 108 Å². The second-order valence-electron chi connectivity index (χ2n) is 13.8. The van der Waals surface area contributed by atoms with Crippen molar-refractivity contribution in [2.75, 3.05) is 25.2 Å². The third-order valence-corrected chi connectivity index (χ3v) is 9.48. The number of carbonyl (C=O) groups excluding carboxylic acids is 4. The van der Waals surface area contributed by atoms with Crippen LogP contribution in [0.5, 0.6) is 0 Å². The van der Waals surface area contributed by atoms with Gasteiger partial charge in [0.05, 0.1) is 33.0 Å². The van der Waals surface area contributed by atoms with E-state index in [2.05, 4.69) is 15.9 Å². The van der Waals surface area contributed by atoms with E-state index in [9.17, 15) is 19.2 Å². The fourth-order valence-corrected chi connectivity index (χ4v) is 6.88. The van der Waals surface area contributed by atoms with Crippen molar-refractivity contribution in [1.82, 2.24) is 0 Å². The first-order valence-electron chi connectivity index (χ1n) is 19.2. The van der Waals surface area contributed by atoms with E-state index in [-0.39, 0.29) is 26.4 Å². The maximum Gasteiger partial charge on any atom is 0.303 e. The van der Waals surface area contributed by atoms with Gasteiger partial charge in [-0.3, -0.25) is 19.2 Å².